The Balaban J connectivity index is 2.70. The van der Waals surface area contributed by atoms with Gasteiger partial charge < -0.3 is 4.74 Å². The summed E-state index contributed by atoms with van der Waals surface area (Å²) in [6, 6.07) is 9.86. The van der Waals surface area contributed by atoms with Gasteiger partial charge in [-0.25, -0.2) is 0 Å². The van der Waals surface area contributed by atoms with Crippen molar-refractivity contribution in [1.82, 2.24) is 0 Å². The lowest BCUT2D eigenvalue weighted by Crippen LogP contribution is -2.34. The van der Waals surface area contributed by atoms with Crippen LogP contribution in [-0.2, 0) is 20.7 Å². The van der Waals surface area contributed by atoms with Gasteiger partial charge in [-0.05, 0) is 18.9 Å². The number of carbonyl (C=O) groups is 2. The van der Waals surface area contributed by atoms with Gasteiger partial charge in [0.1, 0.15) is 0 Å². The quantitative estimate of drug-likeness (QED) is 0.269. The van der Waals surface area contributed by atoms with Crippen molar-refractivity contribution >= 4 is 11.8 Å². The van der Waals surface area contributed by atoms with E-state index in [1.165, 1.54) is 0 Å². The molecule has 2 atom stereocenters. The number of hydrogen-bond acceptors (Lipinski definition) is 3. The van der Waals surface area contributed by atoms with Crippen LogP contribution in [0.25, 0.3) is 0 Å². The maximum atomic E-state index is 12.6. The maximum absolute atomic E-state index is 12.6. The van der Waals surface area contributed by atoms with E-state index in [0.29, 0.717) is 25.0 Å². The molecule has 0 spiro atoms. The molecule has 1 aromatic rings. The Hall–Kier alpha value is -2.38. The first-order chi connectivity index (χ1) is 11.9. The molecule has 134 valence electrons. The average Bonchev–Trinajstić information content (AvgIpc) is 2.62. The van der Waals surface area contributed by atoms with Crippen LogP contribution in [0.4, 0.5) is 0 Å². The molecule has 2 unspecified atom stereocenters. The van der Waals surface area contributed by atoms with Gasteiger partial charge in [-0.1, -0.05) is 56.8 Å². The highest BCUT2D eigenvalue weighted by atomic mass is 16.5. The van der Waals surface area contributed by atoms with E-state index in [4.69, 9.17) is 4.74 Å². The zero-order valence-electron chi connectivity index (χ0n) is 15.5. The molecule has 0 N–H and O–H groups in total. The molecule has 1 aromatic carbocycles. The number of rotatable bonds is 10. The normalized spacial score (nSPS) is 13.9. The van der Waals surface area contributed by atoms with Gasteiger partial charge in [0.15, 0.2) is 5.78 Å². The molecular weight excluding hydrogens is 312 g/mol. The van der Waals surface area contributed by atoms with E-state index >= 15 is 0 Å². The Morgan fingerprint density at radius 3 is 2.48 bits per heavy atom. The third-order valence-electron chi connectivity index (χ3n) is 4.64. The highest BCUT2D eigenvalue weighted by Crippen LogP contribution is 2.37. The van der Waals surface area contributed by atoms with Crippen molar-refractivity contribution in [1.29, 1.82) is 0 Å². The SMILES string of the molecule is C=C=C(C)C(=O)C(CC)C(C)(C=C)CC(=O)OCCc1ccccc1. The maximum Gasteiger partial charge on any atom is 0.306 e. The van der Waals surface area contributed by atoms with Crippen LogP contribution in [0.15, 0.2) is 60.9 Å². The van der Waals surface area contributed by atoms with Crippen LogP contribution in [0.2, 0.25) is 0 Å². The fraction of sp³-hybridized carbons (Fsp3) is 0.409. The molecule has 0 bridgehead atoms. The number of carbonyl (C=O) groups excluding carboxylic acids is 2. The first-order valence-corrected chi connectivity index (χ1v) is 8.62. The lowest BCUT2D eigenvalue weighted by molar-refractivity contribution is -0.146. The summed E-state index contributed by atoms with van der Waals surface area (Å²) < 4.78 is 5.37. The van der Waals surface area contributed by atoms with E-state index in [2.05, 4.69) is 18.9 Å². The van der Waals surface area contributed by atoms with Gasteiger partial charge in [0.2, 0.25) is 0 Å². The molecule has 1 rings (SSSR count). The lowest BCUT2D eigenvalue weighted by Gasteiger charge is -2.32. The fourth-order valence-corrected chi connectivity index (χ4v) is 2.93. The summed E-state index contributed by atoms with van der Waals surface area (Å²) in [5.41, 5.74) is 3.59. The first-order valence-electron chi connectivity index (χ1n) is 8.62. The molecule has 0 saturated heterocycles. The molecule has 0 aromatic heterocycles. The number of Topliss-reactive ketones (excluding diaryl/α,β-unsaturated/α-hetero) is 1. The molecule has 0 fully saturated rings. The highest BCUT2D eigenvalue weighted by Gasteiger charge is 2.38. The number of benzene rings is 1. The van der Waals surface area contributed by atoms with Crippen LogP contribution in [0.5, 0.6) is 0 Å². The van der Waals surface area contributed by atoms with E-state index in [1.807, 2.05) is 44.2 Å². The number of ether oxygens (including phenoxy) is 1. The average molecular weight is 340 g/mol. The number of ketones is 1. The predicted molar refractivity (Wildman–Crippen MR) is 101 cm³/mol. The summed E-state index contributed by atoms with van der Waals surface area (Å²) in [5.74, 6) is -0.706. The van der Waals surface area contributed by atoms with Gasteiger partial charge >= 0.3 is 5.97 Å². The smallest absolute Gasteiger partial charge is 0.306 e. The van der Waals surface area contributed by atoms with Crippen molar-refractivity contribution in [3.63, 3.8) is 0 Å². The molecule has 0 radical (unpaired) electrons. The number of esters is 1. The summed E-state index contributed by atoms with van der Waals surface area (Å²) in [6.45, 7) is 13.2. The molecule has 3 heteroatoms. The zero-order chi connectivity index (χ0) is 18.9. The molecule has 0 aliphatic rings. The van der Waals surface area contributed by atoms with E-state index in [0.717, 1.165) is 5.56 Å². The largest absolute Gasteiger partial charge is 0.465 e. The molecule has 3 nitrogen and oxygen atoms in total. The number of hydrogen-bond donors (Lipinski definition) is 0. The number of allylic oxidation sites excluding steroid dienone is 2. The minimum Gasteiger partial charge on any atom is -0.465 e. The van der Waals surface area contributed by atoms with Crippen molar-refractivity contribution in [2.45, 2.75) is 40.0 Å². The topological polar surface area (TPSA) is 43.4 Å². The molecule has 0 saturated carbocycles. The molecule has 0 aliphatic heterocycles. The molecule has 0 amide bonds. The Bertz CT molecular complexity index is 653. The Morgan fingerprint density at radius 2 is 1.96 bits per heavy atom. The molecular formula is C22H28O3. The minimum absolute atomic E-state index is 0.0445. The summed E-state index contributed by atoms with van der Waals surface area (Å²) in [5, 5.41) is 0. The van der Waals surface area contributed by atoms with Crippen LogP contribution in [-0.4, -0.2) is 18.4 Å². The van der Waals surface area contributed by atoms with Gasteiger partial charge in [0.05, 0.1) is 13.0 Å². The van der Waals surface area contributed by atoms with E-state index in [9.17, 15) is 9.59 Å². The second-order valence-electron chi connectivity index (χ2n) is 6.47. The monoisotopic (exact) mass is 340 g/mol. The van der Waals surface area contributed by atoms with Crippen molar-refractivity contribution in [2.75, 3.05) is 6.61 Å². The fourth-order valence-electron chi connectivity index (χ4n) is 2.93. The van der Waals surface area contributed by atoms with Gasteiger partial charge in [-0.15, -0.1) is 12.3 Å². The standard InChI is InChI=1S/C22H28O3/c1-6-17(4)21(24)19(7-2)22(5,8-3)16-20(23)25-15-14-18-12-10-9-11-13-18/h8-13,19H,1,3,7,14-16H2,2,4-5H3. The van der Waals surface area contributed by atoms with Crippen LogP contribution >= 0.6 is 0 Å². The Labute approximate surface area is 151 Å². The van der Waals surface area contributed by atoms with Gasteiger partial charge in [0, 0.05) is 23.3 Å². The summed E-state index contributed by atoms with van der Waals surface area (Å²) in [6.07, 6.45) is 3.09. The van der Waals surface area contributed by atoms with E-state index < -0.39 is 5.41 Å². The summed E-state index contributed by atoms with van der Waals surface area (Å²) >= 11 is 0. The second kappa shape index (κ2) is 9.80. The van der Waals surface area contributed by atoms with Crippen molar-refractivity contribution in [3.05, 3.63) is 66.4 Å². The second-order valence-corrected chi connectivity index (χ2v) is 6.47. The Morgan fingerprint density at radius 1 is 1.32 bits per heavy atom. The van der Waals surface area contributed by atoms with Gasteiger partial charge in [-0.2, -0.15) is 0 Å². The highest BCUT2D eigenvalue weighted by molar-refractivity contribution is 5.97. The van der Waals surface area contributed by atoms with Crippen molar-refractivity contribution < 1.29 is 14.3 Å². The zero-order valence-corrected chi connectivity index (χ0v) is 15.5. The van der Waals surface area contributed by atoms with Crippen molar-refractivity contribution in [2.24, 2.45) is 11.3 Å². The van der Waals surface area contributed by atoms with Crippen molar-refractivity contribution in [3.8, 4) is 0 Å². The molecule has 0 heterocycles. The van der Waals surface area contributed by atoms with Crippen LogP contribution in [0.1, 0.15) is 39.2 Å². The van der Waals surface area contributed by atoms with Crippen LogP contribution < -0.4 is 0 Å². The lowest BCUT2D eigenvalue weighted by atomic mass is 9.70. The first kappa shape index (κ1) is 20.7. The third-order valence-corrected chi connectivity index (χ3v) is 4.64. The molecule has 0 aliphatic carbocycles. The van der Waals surface area contributed by atoms with E-state index in [-0.39, 0.29) is 24.1 Å². The van der Waals surface area contributed by atoms with Crippen LogP contribution in [0.3, 0.4) is 0 Å². The van der Waals surface area contributed by atoms with Gasteiger partial charge in [0.25, 0.3) is 0 Å². The van der Waals surface area contributed by atoms with Gasteiger partial charge in [-0.3, -0.25) is 9.59 Å². The summed E-state index contributed by atoms with van der Waals surface area (Å²) in [7, 11) is 0. The third kappa shape index (κ3) is 5.88. The minimum atomic E-state index is -0.659. The molecule has 25 heavy (non-hydrogen) atoms. The van der Waals surface area contributed by atoms with Crippen LogP contribution in [0, 0.1) is 11.3 Å². The summed E-state index contributed by atoms with van der Waals surface area (Å²) in [4.78, 5) is 24.8. The Kier molecular flexibility index (Phi) is 8.10. The van der Waals surface area contributed by atoms with E-state index in [1.54, 1.807) is 13.0 Å². The predicted octanol–water partition coefficient (Wildman–Crippen LogP) is 4.68.